The molecule has 1 saturated carbocycles. The fourth-order valence-corrected chi connectivity index (χ4v) is 5.69. The number of nitrogens with zero attached hydrogens (tertiary/aromatic N) is 3. The first-order chi connectivity index (χ1) is 15.6. The summed E-state index contributed by atoms with van der Waals surface area (Å²) in [7, 11) is 0. The lowest BCUT2D eigenvalue weighted by Gasteiger charge is -2.35. The van der Waals surface area contributed by atoms with E-state index in [-0.39, 0.29) is 18.6 Å². The molecule has 2 aliphatic rings. The summed E-state index contributed by atoms with van der Waals surface area (Å²) in [5, 5.41) is 9.47. The van der Waals surface area contributed by atoms with Crippen LogP contribution < -0.4 is 4.74 Å². The van der Waals surface area contributed by atoms with Gasteiger partial charge in [-0.15, -0.1) is 0 Å². The maximum Gasteiger partial charge on any atom is 0.267 e. The van der Waals surface area contributed by atoms with Crippen LogP contribution in [0.15, 0.2) is 62.9 Å². The molecule has 0 bridgehead atoms. The third-order valence-corrected chi connectivity index (χ3v) is 7.36. The molecule has 1 saturated heterocycles. The van der Waals surface area contributed by atoms with Crippen LogP contribution in [0.2, 0.25) is 0 Å². The Balaban J connectivity index is 1.66. The van der Waals surface area contributed by atoms with Crippen molar-refractivity contribution in [3.8, 4) is 11.8 Å². The molecular formula is C25H24BrN3O2S. The normalized spacial score (nSPS) is 23.5. The van der Waals surface area contributed by atoms with Crippen LogP contribution in [0.3, 0.4) is 0 Å². The molecule has 5 nitrogen and oxygen atoms in total. The second-order valence-corrected chi connectivity index (χ2v) is 9.84. The number of carbonyl (C=O) groups is 1. The summed E-state index contributed by atoms with van der Waals surface area (Å²) in [6.45, 7) is 2.22. The van der Waals surface area contributed by atoms with E-state index in [2.05, 4.69) is 22.9 Å². The Kier molecular flexibility index (Phi) is 7.33. The van der Waals surface area contributed by atoms with E-state index in [9.17, 15) is 4.79 Å². The number of hydrogen-bond acceptors (Lipinski definition) is 5. The van der Waals surface area contributed by atoms with Crippen LogP contribution in [0.4, 0.5) is 5.69 Å². The van der Waals surface area contributed by atoms with E-state index in [1.807, 2.05) is 59.5 Å². The van der Waals surface area contributed by atoms with E-state index >= 15 is 0 Å². The van der Waals surface area contributed by atoms with Crippen LogP contribution in [0.5, 0.6) is 5.75 Å². The molecule has 0 spiro atoms. The van der Waals surface area contributed by atoms with Crippen molar-refractivity contribution in [3.63, 3.8) is 0 Å². The van der Waals surface area contributed by atoms with E-state index in [4.69, 9.17) is 15.0 Å². The van der Waals surface area contributed by atoms with Gasteiger partial charge in [-0.3, -0.25) is 9.69 Å². The first-order valence-electron chi connectivity index (χ1n) is 10.7. The van der Waals surface area contributed by atoms with Crippen molar-refractivity contribution in [1.82, 2.24) is 4.90 Å². The summed E-state index contributed by atoms with van der Waals surface area (Å²) in [5.41, 5.74) is 1.73. The lowest BCUT2D eigenvalue weighted by atomic mass is 9.85. The van der Waals surface area contributed by atoms with Crippen molar-refractivity contribution in [2.75, 3.05) is 6.61 Å². The van der Waals surface area contributed by atoms with Gasteiger partial charge in [-0.25, -0.2) is 4.99 Å². The number of para-hydroxylation sites is 1. The fourth-order valence-electron chi connectivity index (χ4n) is 4.14. The molecule has 2 atom stereocenters. The molecule has 4 rings (SSSR count). The van der Waals surface area contributed by atoms with Crippen LogP contribution in [0.25, 0.3) is 6.08 Å². The highest BCUT2D eigenvalue weighted by molar-refractivity contribution is 9.10. The number of amidine groups is 1. The van der Waals surface area contributed by atoms with Crippen molar-refractivity contribution in [3.05, 3.63) is 63.5 Å². The highest BCUT2D eigenvalue weighted by Gasteiger charge is 2.41. The van der Waals surface area contributed by atoms with Gasteiger partial charge in [0.25, 0.3) is 5.91 Å². The molecule has 7 heteroatoms. The number of thioether (sulfide) groups is 1. The number of carbonyl (C=O) groups excluding carboxylic acids is 1. The second kappa shape index (κ2) is 10.4. The third kappa shape index (κ3) is 5.08. The molecule has 164 valence electrons. The molecule has 1 amide bonds. The van der Waals surface area contributed by atoms with E-state index in [0.717, 1.165) is 40.2 Å². The van der Waals surface area contributed by atoms with Crippen LogP contribution in [0.1, 0.15) is 38.2 Å². The summed E-state index contributed by atoms with van der Waals surface area (Å²) < 4.78 is 6.14. The number of aliphatic imine (C=N–C) groups is 1. The molecule has 1 aliphatic heterocycles. The molecular weight excluding hydrogens is 486 g/mol. The van der Waals surface area contributed by atoms with Gasteiger partial charge < -0.3 is 4.74 Å². The zero-order chi connectivity index (χ0) is 22.5. The van der Waals surface area contributed by atoms with Gasteiger partial charge in [0.15, 0.2) is 11.8 Å². The molecule has 2 fully saturated rings. The van der Waals surface area contributed by atoms with Crippen molar-refractivity contribution in [2.24, 2.45) is 10.9 Å². The van der Waals surface area contributed by atoms with Crippen LogP contribution >= 0.6 is 27.7 Å². The molecule has 1 aliphatic carbocycles. The van der Waals surface area contributed by atoms with Crippen LogP contribution in [0, 0.1) is 17.2 Å². The predicted octanol–water partition coefficient (Wildman–Crippen LogP) is 6.53. The quantitative estimate of drug-likeness (QED) is 0.429. The van der Waals surface area contributed by atoms with E-state index in [1.54, 1.807) is 6.07 Å². The maximum atomic E-state index is 13.5. The first-order valence-corrected chi connectivity index (χ1v) is 12.3. The minimum Gasteiger partial charge on any atom is -0.478 e. The highest BCUT2D eigenvalue weighted by Crippen LogP contribution is 2.40. The summed E-state index contributed by atoms with van der Waals surface area (Å²) in [5.74, 6) is 1.06. The molecule has 2 aromatic rings. The average molecular weight is 510 g/mol. The highest BCUT2D eigenvalue weighted by atomic mass is 79.9. The minimum absolute atomic E-state index is 0.0127. The summed E-state index contributed by atoms with van der Waals surface area (Å²) in [4.78, 5) is 21.0. The summed E-state index contributed by atoms with van der Waals surface area (Å²) >= 11 is 4.92. The van der Waals surface area contributed by atoms with Crippen molar-refractivity contribution >= 4 is 50.5 Å². The van der Waals surface area contributed by atoms with Gasteiger partial charge >= 0.3 is 0 Å². The number of rotatable bonds is 5. The van der Waals surface area contributed by atoms with Crippen LogP contribution in [-0.4, -0.2) is 28.6 Å². The topological polar surface area (TPSA) is 65.7 Å². The number of amides is 1. The van der Waals surface area contributed by atoms with Crippen molar-refractivity contribution in [2.45, 2.75) is 38.6 Å². The molecule has 1 heterocycles. The first kappa shape index (κ1) is 22.6. The Morgan fingerprint density at radius 1 is 1.25 bits per heavy atom. The number of nitriles is 1. The maximum absolute atomic E-state index is 13.5. The lowest BCUT2D eigenvalue weighted by molar-refractivity contribution is -0.124. The second-order valence-electron chi connectivity index (χ2n) is 7.98. The van der Waals surface area contributed by atoms with Gasteiger partial charge in [-0.2, -0.15) is 5.26 Å². The Bertz CT molecular complexity index is 1090. The van der Waals surface area contributed by atoms with Gasteiger partial charge in [0, 0.05) is 6.04 Å². The van der Waals surface area contributed by atoms with Crippen molar-refractivity contribution < 1.29 is 9.53 Å². The Morgan fingerprint density at radius 2 is 2.03 bits per heavy atom. The number of benzene rings is 2. The lowest BCUT2D eigenvalue weighted by Crippen LogP contribution is -2.44. The molecule has 0 unspecified atom stereocenters. The Labute approximate surface area is 201 Å². The Hall–Kier alpha value is -2.56. The zero-order valence-corrected chi connectivity index (χ0v) is 20.2. The molecule has 32 heavy (non-hydrogen) atoms. The number of ether oxygens (including phenoxy) is 1. The zero-order valence-electron chi connectivity index (χ0n) is 17.8. The van der Waals surface area contributed by atoms with Gasteiger partial charge in [-0.1, -0.05) is 44.0 Å². The SMILES string of the molecule is C[C@H]1CCCC[C@@H]1N1C(=O)/C(=C/c2ccc(OCC#N)c(Br)c2)SC1=Nc1ccccc1. The summed E-state index contributed by atoms with van der Waals surface area (Å²) in [6.07, 6.45) is 6.39. The average Bonchev–Trinajstić information content (AvgIpc) is 3.08. The van der Waals surface area contributed by atoms with Gasteiger partial charge in [0.1, 0.15) is 11.8 Å². The summed E-state index contributed by atoms with van der Waals surface area (Å²) in [6, 6.07) is 17.5. The van der Waals surface area contributed by atoms with Gasteiger partial charge in [0.2, 0.25) is 0 Å². The van der Waals surface area contributed by atoms with Gasteiger partial charge in [0.05, 0.1) is 15.1 Å². The molecule has 0 radical (unpaired) electrons. The number of hydrogen-bond donors (Lipinski definition) is 0. The van der Waals surface area contributed by atoms with E-state index in [1.165, 1.54) is 18.2 Å². The standard InChI is InChI=1S/C25H24BrN3O2S/c1-17-7-5-6-10-21(17)29-24(30)23(32-25(29)28-19-8-3-2-4-9-19)16-18-11-12-22(20(26)15-18)31-14-13-27/h2-4,8-9,11-12,15-17,21H,5-7,10,14H2,1H3/b23-16-,28-25?/t17-,21-/m0/s1. The molecule has 0 N–H and O–H groups in total. The largest absolute Gasteiger partial charge is 0.478 e. The van der Waals surface area contributed by atoms with E-state index < -0.39 is 0 Å². The fraction of sp³-hybridized carbons (Fsp3) is 0.320. The third-order valence-electron chi connectivity index (χ3n) is 5.76. The van der Waals surface area contributed by atoms with Gasteiger partial charge in [-0.05, 0) is 82.4 Å². The smallest absolute Gasteiger partial charge is 0.267 e. The number of halogens is 1. The minimum atomic E-state index is -0.0127. The molecule has 0 aromatic heterocycles. The monoisotopic (exact) mass is 509 g/mol. The molecule has 2 aromatic carbocycles. The predicted molar refractivity (Wildman–Crippen MR) is 133 cm³/mol. The van der Waals surface area contributed by atoms with E-state index in [0.29, 0.717) is 16.6 Å². The Morgan fingerprint density at radius 3 is 2.75 bits per heavy atom. The van der Waals surface area contributed by atoms with Crippen LogP contribution in [-0.2, 0) is 4.79 Å². The van der Waals surface area contributed by atoms with Crippen molar-refractivity contribution in [1.29, 1.82) is 5.26 Å².